The lowest BCUT2D eigenvalue weighted by Gasteiger charge is -2.07. The Morgan fingerprint density at radius 2 is 2.46 bits per heavy atom. The molecule has 0 aliphatic rings. The summed E-state index contributed by atoms with van der Waals surface area (Å²) in [5.74, 6) is 0. The van der Waals surface area contributed by atoms with Crippen molar-refractivity contribution in [2.45, 2.75) is 25.4 Å². The van der Waals surface area contributed by atoms with E-state index in [-0.39, 0.29) is 0 Å². The van der Waals surface area contributed by atoms with E-state index < -0.39 is 6.10 Å². The summed E-state index contributed by atoms with van der Waals surface area (Å²) in [5.41, 5.74) is 0.823. The van der Waals surface area contributed by atoms with E-state index in [0.29, 0.717) is 4.67 Å². The summed E-state index contributed by atoms with van der Waals surface area (Å²) in [4.78, 5) is 0. The molecule has 1 aromatic rings. The number of halogens is 1. The molecule has 13 heavy (non-hydrogen) atoms. The van der Waals surface area contributed by atoms with Gasteiger partial charge < -0.3 is 9.52 Å². The van der Waals surface area contributed by atoms with Crippen LogP contribution >= 0.6 is 15.9 Å². The van der Waals surface area contributed by atoms with Gasteiger partial charge in [-0.2, -0.15) is 0 Å². The Morgan fingerprint density at radius 1 is 1.69 bits per heavy atom. The van der Waals surface area contributed by atoms with E-state index >= 15 is 0 Å². The van der Waals surface area contributed by atoms with Crippen LogP contribution < -0.4 is 0 Å². The van der Waals surface area contributed by atoms with Crippen molar-refractivity contribution in [2.24, 2.45) is 0 Å². The Balaban J connectivity index is 2.44. The molecule has 1 heterocycles. The van der Waals surface area contributed by atoms with Crippen LogP contribution in [0, 0.1) is 0 Å². The van der Waals surface area contributed by atoms with Gasteiger partial charge in [-0.05, 0) is 41.3 Å². The zero-order valence-corrected chi connectivity index (χ0v) is 8.96. The topological polar surface area (TPSA) is 33.4 Å². The lowest BCUT2D eigenvalue weighted by Crippen LogP contribution is -1.95. The maximum absolute atomic E-state index is 9.69. The van der Waals surface area contributed by atoms with Crippen molar-refractivity contribution in [3.05, 3.63) is 35.2 Å². The highest BCUT2D eigenvalue weighted by atomic mass is 79.9. The molecule has 1 aromatic heterocycles. The number of allylic oxidation sites excluding steroid dienone is 1. The average Bonchev–Trinajstić information content (AvgIpc) is 2.52. The Morgan fingerprint density at radius 3 is 3.00 bits per heavy atom. The van der Waals surface area contributed by atoms with Gasteiger partial charge in [-0.3, -0.25) is 0 Å². The summed E-state index contributed by atoms with van der Waals surface area (Å²) in [7, 11) is 0. The second-order valence-electron chi connectivity index (χ2n) is 2.89. The standard InChI is InChI=1S/C10H13BrO2/c1-2-3-4-5-9(12)8-6-7-13-10(8)11/h2,6-7,9,12H,1,3-5H2. The number of furan rings is 1. The van der Waals surface area contributed by atoms with Crippen molar-refractivity contribution < 1.29 is 9.52 Å². The highest BCUT2D eigenvalue weighted by Gasteiger charge is 2.12. The van der Waals surface area contributed by atoms with Crippen molar-refractivity contribution in [2.75, 3.05) is 0 Å². The smallest absolute Gasteiger partial charge is 0.174 e. The Labute approximate surface area is 86.4 Å². The molecule has 3 heteroatoms. The van der Waals surface area contributed by atoms with E-state index in [0.717, 1.165) is 24.8 Å². The van der Waals surface area contributed by atoms with Gasteiger partial charge in [0.05, 0.1) is 12.4 Å². The maximum Gasteiger partial charge on any atom is 0.174 e. The van der Waals surface area contributed by atoms with Gasteiger partial charge in [0, 0.05) is 5.56 Å². The van der Waals surface area contributed by atoms with Crippen molar-refractivity contribution in [3.8, 4) is 0 Å². The monoisotopic (exact) mass is 244 g/mol. The third-order valence-corrected chi connectivity index (χ3v) is 2.54. The summed E-state index contributed by atoms with van der Waals surface area (Å²) in [6.45, 7) is 3.63. The molecule has 1 unspecified atom stereocenters. The van der Waals surface area contributed by atoms with Gasteiger partial charge in [0.25, 0.3) is 0 Å². The minimum Gasteiger partial charge on any atom is -0.457 e. The fourth-order valence-electron chi connectivity index (χ4n) is 1.15. The third-order valence-electron chi connectivity index (χ3n) is 1.89. The molecule has 0 fully saturated rings. The normalized spacial score (nSPS) is 12.8. The summed E-state index contributed by atoms with van der Waals surface area (Å²) < 4.78 is 5.65. The first-order chi connectivity index (χ1) is 6.25. The van der Waals surface area contributed by atoms with E-state index in [1.165, 1.54) is 0 Å². The van der Waals surface area contributed by atoms with Crippen LogP contribution in [0.5, 0.6) is 0 Å². The fraction of sp³-hybridized carbons (Fsp3) is 0.400. The number of aliphatic hydroxyl groups is 1. The van der Waals surface area contributed by atoms with Crippen LogP contribution in [0.1, 0.15) is 30.9 Å². The first-order valence-corrected chi connectivity index (χ1v) is 5.07. The molecule has 0 aliphatic carbocycles. The van der Waals surface area contributed by atoms with E-state index in [1.54, 1.807) is 12.3 Å². The van der Waals surface area contributed by atoms with Gasteiger partial charge in [0.15, 0.2) is 4.67 Å². The molecule has 2 nitrogen and oxygen atoms in total. The highest BCUT2D eigenvalue weighted by Crippen LogP contribution is 2.27. The Kier molecular flexibility index (Phi) is 4.25. The largest absolute Gasteiger partial charge is 0.457 e. The number of rotatable bonds is 5. The first kappa shape index (κ1) is 10.5. The second-order valence-corrected chi connectivity index (χ2v) is 3.61. The average molecular weight is 245 g/mol. The fourth-order valence-corrected chi connectivity index (χ4v) is 1.66. The quantitative estimate of drug-likeness (QED) is 0.636. The molecule has 0 saturated heterocycles. The minimum atomic E-state index is -0.437. The molecule has 0 saturated carbocycles. The summed E-state index contributed by atoms with van der Waals surface area (Å²) >= 11 is 3.23. The third kappa shape index (κ3) is 3.01. The molecule has 1 N–H and O–H groups in total. The van der Waals surface area contributed by atoms with Crippen LogP contribution in [0.25, 0.3) is 0 Å². The molecule has 0 spiro atoms. The van der Waals surface area contributed by atoms with Crippen molar-refractivity contribution in [1.29, 1.82) is 0 Å². The van der Waals surface area contributed by atoms with Crippen LogP contribution in [-0.2, 0) is 0 Å². The number of unbranched alkanes of at least 4 members (excludes halogenated alkanes) is 1. The van der Waals surface area contributed by atoms with Gasteiger partial charge in [0.1, 0.15) is 0 Å². The van der Waals surface area contributed by atoms with Gasteiger partial charge in [-0.25, -0.2) is 0 Å². The van der Waals surface area contributed by atoms with E-state index in [1.807, 2.05) is 6.08 Å². The summed E-state index contributed by atoms with van der Waals surface area (Å²) in [5, 5.41) is 9.69. The zero-order valence-electron chi connectivity index (χ0n) is 7.37. The molecule has 0 amide bonds. The van der Waals surface area contributed by atoms with E-state index in [2.05, 4.69) is 22.5 Å². The molecular weight excluding hydrogens is 232 g/mol. The van der Waals surface area contributed by atoms with Gasteiger partial charge >= 0.3 is 0 Å². The molecule has 1 atom stereocenters. The molecule has 0 radical (unpaired) electrons. The molecule has 72 valence electrons. The van der Waals surface area contributed by atoms with Gasteiger partial charge in [-0.15, -0.1) is 6.58 Å². The van der Waals surface area contributed by atoms with Crippen molar-refractivity contribution in [3.63, 3.8) is 0 Å². The molecule has 1 rings (SSSR count). The molecular formula is C10H13BrO2. The second kappa shape index (κ2) is 5.25. The first-order valence-electron chi connectivity index (χ1n) is 4.27. The number of hydrogen-bond acceptors (Lipinski definition) is 2. The van der Waals surface area contributed by atoms with Crippen LogP contribution in [-0.4, -0.2) is 5.11 Å². The molecule has 0 aliphatic heterocycles. The maximum atomic E-state index is 9.69. The van der Waals surface area contributed by atoms with Crippen LogP contribution in [0.4, 0.5) is 0 Å². The van der Waals surface area contributed by atoms with Gasteiger partial charge in [0.2, 0.25) is 0 Å². The minimum absolute atomic E-state index is 0.437. The van der Waals surface area contributed by atoms with Crippen LogP contribution in [0.3, 0.4) is 0 Å². The molecule has 0 aromatic carbocycles. The Bertz CT molecular complexity index is 268. The predicted octanol–water partition coefficient (Wildman–Crippen LogP) is 3.43. The van der Waals surface area contributed by atoms with Gasteiger partial charge in [-0.1, -0.05) is 6.08 Å². The molecule has 0 bridgehead atoms. The number of hydrogen-bond donors (Lipinski definition) is 1. The highest BCUT2D eigenvalue weighted by molar-refractivity contribution is 9.10. The summed E-state index contributed by atoms with van der Waals surface area (Å²) in [6.07, 6.45) is 5.61. The predicted molar refractivity (Wildman–Crippen MR) is 55.4 cm³/mol. The van der Waals surface area contributed by atoms with E-state index in [4.69, 9.17) is 4.42 Å². The van der Waals surface area contributed by atoms with Crippen molar-refractivity contribution >= 4 is 15.9 Å². The lowest BCUT2D eigenvalue weighted by atomic mass is 10.1. The SMILES string of the molecule is C=CCCCC(O)c1ccoc1Br. The Hall–Kier alpha value is -0.540. The number of aliphatic hydroxyl groups excluding tert-OH is 1. The van der Waals surface area contributed by atoms with E-state index in [9.17, 15) is 5.11 Å². The van der Waals surface area contributed by atoms with Crippen molar-refractivity contribution in [1.82, 2.24) is 0 Å². The van der Waals surface area contributed by atoms with Crippen LogP contribution in [0.15, 0.2) is 34.1 Å². The lowest BCUT2D eigenvalue weighted by molar-refractivity contribution is 0.163. The van der Waals surface area contributed by atoms with Crippen LogP contribution in [0.2, 0.25) is 0 Å². The summed E-state index contributed by atoms with van der Waals surface area (Å²) in [6, 6.07) is 1.78. The zero-order chi connectivity index (χ0) is 9.68.